The van der Waals surface area contributed by atoms with E-state index in [0.717, 1.165) is 11.1 Å². The summed E-state index contributed by atoms with van der Waals surface area (Å²) in [4.78, 5) is 36.5. The fourth-order valence-corrected chi connectivity index (χ4v) is 3.08. The topological polar surface area (TPSA) is 126 Å². The van der Waals surface area contributed by atoms with Crippen LogP contribution in [0, 0.1) is 6.92 Å². The number of carbonyl (C=O) groups excluding carboxylic acids is 3. The van der Waals surface area contributed by atoms with Gasteiger partial charge in [0, 0.05) is 30.6 Å². The van der Waals surface area contributed by atoms with Gasteiger partial charge in [0.1, 0.15) is 11.9 Å². The third-order valence-corrected chi connectivity index (χ3v) is 5.50. The number of nitrogens with one attached hydrogen (secondary N) is 1. The molecule has 36 heavy (non-hydrogen) atoms. The lowest BCUT2D eigenvalue weighted by atomic mass is 10.1. The third-order valence-electron chi connectivity index (χ3n) is 5.07. The van der Waals surface area contributed by atoms with Crippen LogP contribution in [0.25, 0.3) is 0 Å². The largest absolute Gasteiger partial charge is 0.511 e. The predicted molar refractivity (Wildman–Crippen MR) is 135 cm³/mol. The first-order valence-electron chi connectivity index (χ1n) is 11.5. The highest BCUT2D eigenvalue weighted by Crippen LogP contribution is 2.21. The molecule has 10 heteroatoms. The molecule has 0 spiro atoms. The van der Waals surface area contributed by atoms with Gasteiger partial charge in [0.25, 0.3) is 5.91 Å². The number of aryl methyl sites for hydroxylation is 1. The molecule has 0 saturated carbocycles. The zero-order valence-corrected chi connectivity index (χ0v) is 21.9. The lowest BCUT2D eigenvalue weighted by molar-refractivity contribution is -0.183. The average Bonchev–Trinajstić information content (AvgIpc) is 2.81. The van der Waals surface area contributed by atoms with E-state index in [9.17, 15) is 14.4 Å². The molecule has 2 rings (SSSR count). The average molecular weight is 521 g/mol. The molecule has 2 atom stereocenters. The van der Waals surface area contributed by atoms with Crippen LogP contribution in [0.5, 0.6) is 5.75 Å². The van der Waals surface area contributed by atoms with Crippen molar-refractivity contribution >= 4 is 29.6 Å². The Kier molecular flexibility index (Phi) is 10.6. The van der Waals surface area contributed by atoms with Gasteiger partial charge in [-0.1, -0.05) is 23.7 Å². The number of ether oxygens (including phenoxy) is 4. The maximum absolute atomic E-state index is 12.5. The first kappa shape index (κ1) is 28.9. The summed E-state index contributed by atoms with van der Waals surface area (Å²) in [5.41, 5.74) is 6.40. The lowest BCUT2D eigenvalue weighted by Crippen LogP contribution is -2.42. The lowest BCUT2D eigenvalue weighted by Gasteiger charge is -2.26. The first-order chi connectivity index (χ1) is 16.9. The first-order valence-corrected chi connectivity index (χ1v) is 11.9. The number of halogens is 1. The van der Waals surface area contributed by atoms with Gasteiger partial charge in [-0.15, -0.1) is 0 Å². The number of nitrogens with two attached hydrogens (primary N) is 1. The van der Waals surface area contributed by atoms with Crippen molar-refractivity contribution in [1.29, 1.82) is 0 Å². The standard InChI is InChI=1S/C26H33ClN2O7/c1-16-14-20(8-11-22(16)27)23(30)29-13-12-19-6-9-21(10-7-19)36-26(4,5)24(31)34-18(3)35-25(32)33-17(2)15-28/h6-11,14,17-18H,12-13,15,28H2,1-5H3,(H,29,30). The van der Waals surface area contributed by atoms with Crippen molar-refractivity contribution in [3.63, 3.8) is 0 Å². The summed E-state index contributed by atoms with van der Waals surface area (Å²) in [5.74, 6) is -0.444. The molecule has 196 valence electrons. The molecule has 0 saturated heterocycles. The van der Waals surface area contributed by atoms with Crippen molar-refractivity contribution in [1.82, 2.24) is 5.32 Å². The number of rotatable bonds is 11. The van der Waals surface area contributed by atoms with E-state index in [1.54, 1.807) is 51.1 Å². The van der Waals surface area contributed by atoms with Gasteiger partial charge in [-0.05, 0) is 75.6 Å². The molecule has 2 unspecified atom stereocenters. The second-order valence-electron chi connectivity index (χ2n) is 8.73. The van der Waals surface area contributed by atoms with E-state index in [2.05, 4.69) is 5.32 Å². The summed E-state index contributed by atoms with van der Waals surface area (Å²) >= 11 is 6.01. The van der Waals surface area contributed by atoms with Crippen molar-refractivity contribution in [3.05, 3.63) is 64.2 Å². The van der Waals surface area contributed by atoms with Crippen LogP contribution in [0.1, 0.15) is 49.2 Å². The molecular formula is C26H33ClN2O7. The normalized spacial score (nSPS) is 12.8. The van der Waals surface area contributed by atoms with Crippen LogP contribution in [0.4, 0.5) is 4.79 Å². The molecular weight excluding hydrogens is 488 g/mol. The summed E-state index contributed by atoms with van der Waals surface area (Å²) < 4.78 is 20.7. The predicted octanol–water partition coefficient (Wildman–Crippen LogP) is 4.17. The fourth-order valence-electron chi connectivity index (χ4n) is 2.96. The van der Waals surface area contributed by atoms with E-state index < -0.39 is 30.1 Å². The molecule has 1 amide bonds. The molecule has 9 nitrogen and oxygen atoms in total. The van der Waals surface area contributed by atoms with Crippen LogP contribution in [0.3, 0.4) is 0 Å². The van der Waals surface area contributed by atoms with Crippen LogP contribution in [-0.2, 0) is 25.4 Å². The maximum Gasteiger partial charge on any atom is 0.511 e. The third kappa shape index (κ3) is 9.05. The zero-order chi connectivity index (χ0) is 26.9. The van der Waals surface area contributed by atoms with E-state index in [4.69, 9.17) is 36.3 Å². The molecule has 3 N–H and O–H groups in total. The van der Waals surface area contributed by atoms with Gasteiger partial charge >= 0.3 is 12.1 Å². The molecule has 0 aliphatic rings. The summed E-state index contributed by atoms with van der Waals surface area (Å²) in [6.45, 7) is 8.52. The Bertz CT molecular complexity index is 1060. The highest BCUT2D eigenvalue weighted by molar-refractivity contribution is 6.31. The molecule has 0 radical (unpaired) electrons. The van der Waals surface area contributed by atoms with Gasteiger partial charge in [0.05, 0.1) is 0 Å². The highest BCUT2D eigenvalue weighted by Gasteiger charge is 2.34. The van der Waals surface area contributed by atoms with Crippen LogP contribution < -0.4 is 15.8 Å². The van der Waals surface area contributed by atoms with Crippen molar-refractivity contribution in [2.45, 2.75) is 59.0 Å². The summed E-state index contributed by atoms with van der Waals surface area (Å²) in [7, 11) is 0. The number of amides is 1. The molecule has 0 aliphatic carbocycles. The molecule has 0 heterocycles. The van der Waals surface area contributed by atoms with E-state index in [1.807, 2.05) is 19.1 Å². The van der Waals surface area contributed by atoms with Crippen molar-refractivity contribution in [2.24, 2.45) is 5.73 Å². The highest BCUT2D eigenvalue weighted by atomic mass is 35.5. The molecule has 0 bridgehead atoms. The van der Waals surface area contributed by atoms with Gasteiger partial charge < -0.3 is 30.0 Å². The van der Waals surface area contributed by atoms with Gasteiger partial charge in [-0.3, -0.25) is 4.79 Å². The summed E-state index contributed by atoms with van der Waals surface area (Å²) in [6, 6.07) is 12.3. The minimum Gasteiger partial charge on any atom is -0.476 e. The van der Waals surface area contributed by atoms with E-state index in [1.165, 1.54) is 6.92 Å². The smallest absolute Gasteiger partial charge is 0.476 e. The van der Waals surface area contributed by atoms with Gasteiger partial charge in [0.2, 0.25) is 6.29 Å². The number of benzene rings is 2. The van der Waals surface area contributed by atoms with Crippen LogP contribution in [-0.4, -0.2) is 49.1 Å². The Morgan fingerprint density at radius 1 is 1.03 bits per heavy atom. The SMILES string of the molecule is Cc1cc(C(=O)NCCc2ccc(OC(C)(C)C(=O)OC(C)OC(=O)OC(C)CN)cc2)ccc1Cl. The van der Waals surface area contributed by atoms with Crippen LogP contribution in [0.15, 0.2) is 42.5 Å². The monoisotopic (exact) mass is 520 g/mol. The van der Waals surface area contributed by atoms with Gasteiger partial charge in [-0.25, -0.2) is 9.59 Å². The summed E-state index contributed by atoms with van der Waals surface area (Å²) in [5, 5.41) is 3.50. The van der Waals surface area contributed by atoms with Gasteiger partial charge in [0.15, 0.2) is 5.60 Å². The van der Waals surface area contributed by atoms with E-state index in [0.29, 0.717) is 29.3 Å². The Labute approximate surface area is 216 Å². The maximum atomic E-state index is 12.5. The van der Waals surface area contributed by atoms with Gasteiger partial charge in [-0.2, -0.15) is 0 Å². The zero-order valence-electron chi connectivity index (χ0n) is 21.1. The molecule has 2 aromatic rings. The van der Waals surface area contributed by atoms with Crippen molar-refractivity contribution < 1.29 is 33.3 Å². The Balaban J connectivity index is 1.82. The Morgan fingerprint density at radius 2 is 1.69 bits per heavy atom. The molecule has 2 aromatic carbocycles. The number of hydrogen-bond acceptors (Lipinski definition) is 8. The molecule has 0 fully saturated rings. The number of carbonyl (C=O) groups is 3. The Hall–Kier alpha value is -3.30. The van der Waals surface area contributed by atoms with Crippen molar-refractivity contribution in [2.75, 3.05) is 13.1 Å². The Morgan fingerprint density at radius 3 is 2.31 bits per heavy atom. The fraction of sp³-hybridized carbons (Fsp3) is 0.423. The minimum atomic E-state index is -1.35. The van der Waals surface area contributed by atoms with E-state index in [-0.39, 0.29) is 12.5 Å². The summed E-state index contributed by atoms with van der Waals surface area (Å²) in [6.07, 6.45) is -2.07. The number of esters is 1. The second kappa shape index (κ2) is 13.1. The van der Waals surface area contributed by atoms with E-state index >= 15 is 0 Å². The van der Waals surface area contributed by atoms with Crippen LogP contribution in [0.2, 0.25) is 5.02 Å². The molecule has 0 aromatic heterocycles. The van der Waals surface area contributed by atoms with Crippen LogP contribution >= 0.6 is 11.6 Å². The minimum absolute atomic E-state index is 0.140. The van der Waals surface area contributed by atoms with Crippen molar-refractivity contribution in [3.8, 4) is 5.75 Å². The second-order valence-corrected chi connectivity index (χ2v) is 9.14. The quantitative estimate of drug-likeness (QED) is 0.334. The molecule has 0 aliphatic heterocycles. The number of hydrogen-bond donors (Lipinski definition) is 2.